The lowest BCUT2D eigenvalue weighted by atomic mass is 10.1. The predicted molar refractivity (Wildman–Crippen MR) is 47.5 cm³/mol. The summed E-state index contributed by atoms with van der Waals surface area (Å²) in [5.74, 6) is -0.0394. The third-order valence-corrected chi connectivity index (χ3v) is 1.72. The van der Waals surface area contributed by atoms with Gasteiger partial charge in [0.05, 0.1) is 12.3 Å². The van der Waals surface area contributed by atoms with E-state index in [2.05, 4.69) is 9.97 Å². The Balaban J connectivity index is 2.59. The number of hydrogen-bond donors (Lipinski definition) is 0. The normalized spacial score (nSPS) is 12.5. The fourth-order valence-corrected chi connectivity index (χ4v) is 0.892. The smallest absolute Gasteiger partial charge is 0.185 e. The Labute approximate surface area is 77.0 Å². The Morgan fingerprint density at radius 2 is 2.38 bits per heavy atom. The van der Waals surface area contributed by atoms with E-state index in [0.717, 1.165) is 0 Å². The average molecular weight is 180 g/mol. The Kier molecular flexibility index (Phi) is 3.52. The molecular weight excluding hydrogens is 168 g/mol. The van der Waals surface area contributed by atoms with Crippen molar-refractivity contribution in [2.45, 2.75) is 19.4 Å². The van der Waals surface area contributed by atoms with Crippen molar-refractivity contribution >= 4 is 5.78 Å². The first-order valence-corrected chi connectivity index (χ1v) is 4.06. The molecule has 4 heteroatoms. The molecule has 1 aromatic heterocycles. The van der Waals surface area contributed by atoms with Gasteiger partial charge in [-0.25, -0.2) is 4.98 Å². The number of methoxy groups -OCH3 is 1. The van der Waals surface area contributed by atoms with Gasteiger partial charge in [0.1, 0.15) is 5.69 Å². The number of ketones is 1. The van der Waals surface area contributed by atoms with Crippen LogP contribution in [0.25, 0.3) is 0 Å². The zero-order valence-corrected chi connectivity index (χ0v) is 7.73. The summed E-state index contributed by atoms with van der Waals surface area (Å²) in [4.78, 5) is 19.1. The van der Waals surface area contributed by atoms with Crippen molar-refractivity contribution in [2.24, 2.45) is 0 Å². The summed E-state index contributed by atoms with van der Waals surface area (Å²) in [6.45, 7) is 1.84. The SMILES string of the molecule is COC(C)CC(=O)c1cnccn1. The minimum Gasteiger partial charge on any atom is -0.381 e. The van der Waals surface area contributed by atoms with Crippen LogP contribution in [0.2, 0.25) is 0 Å². The number of rotatable bonds is 4. The largest absolute Gasteiger partial charge is 0.381 e. The highest BCUT2D eigenvalue weighted by atomic mass is 16.5. The van der Waals surface area contributed by atoms with Gasteiger partial charge in [0.25, 0.3) is 0 Å². The van der Waals surface area contributed by atoms with E-state index >= 15 is 0 Å². The monoisotopic (exact) mass is 180 g/mol. The van der Waals surface area contributed by atoms with E-state index in [9.17, 15) is 4.79 Å². The second-order valence-electron chi connectivity index (χ2n) is 2.76. The quantitative estimate of drug-likeness (QED) is 0.651. The van der Waals surface area contributed by atoms with Gasteiger partial charge in [0.15, 0.2) is 5.78 Å². The highest BCUT2D eigenvalue weighted by Crippen LogP contribution is 2.02. The van der Waals surface area contributed by atoms with Crippen LogP contribution in [0.1, 0.15) is 23.8 Å². The van der Waals surface area contributed by atoms with Crippen LogP contribution in [0.15, 0.2) is 18.6 Å². The van der Waals surface area contributed by atoms with Crippen molar-refractivity contribution in [2.75, 3.05) is 7.11 Å². The van der Waals surface area contributed by atoms with Crippen LogP contribution in [0, 0.1) is 0 Å². The van der Waals surface area contributed by atoms with Crippen LogP contribution in [0.5, 0.6) is 0 Å². The zero-order chi connectivity index (χ0) is 9.68. The summed E-state index contributed by atoms with van der Waals surface area (Å²) in [6, 6.07) is 0. The van der Waals surface area contributed by atoms with E-state index in [4.69, 9.17) is 4.74 Å². The molecule has 1 heterocycles. The molecule has 1 atom stereocenters. The van der Waals surface area contributed by atoms with Gasteiger partial charge < -0.3 is 4.74 Å². The number of ether oxygens (including phenoxy) is 1. The van der Waals surface area contributed by atoms with E-state index in [-0.39, 0.29) is 11.9 Å². The second kappa shape index (κ2) is 4.67. The maximum Gasteiger partial charge on any atom is 0.185 e. The first-order chi connectivity index (χ1) is 6.24. The molecule has 0 aromatic carbocycles. The molecule has 0 radical (unpaired) electrons. The van der Waals surface area contributed by atoms with Gasteiger partial charge >= 0.3 is 0 Å². The molecule has 1 rings (SSSR count). The second-order valence-corrected chi connectivity index (χ2v) is 2.76. The maximum atomic E-state index is 11.4. The molecule has 0 saturated carbocycles. The summed E-state index contributed by atoms with van der Waals surface area (Å²) in [5, 5.41) is 0. The summed E-state index contributed by atoms with van der Waals surface area (Å²) >= 11 is 0. The van der Waals surface area contributed by atoms with Crippen LogP contribution in [0.3, 0.4) is 0 Å². The van der Waals surface area contributed by atoms with Gasteiger partial charge in [0.2, 0.25) is 0 Å². The van der Waals surface area contributed by atoms with Crippen molar-refractivity contribution in [3.05, 3.63) is 24.3 Å². The van der Waals surface area contributed by atoms with E-state index in [1.165, 1.54) is 18.6 Å². The number of carbonyl (C=O) groups excluding carboxylic acids is 1. The molecule has 70 valence electrons. The summed E-state index contributed by atoms with van der Waals surface area (Å²) in [6.07, 6.45) is 4.77. The van der Waals surface area contributed by atoms with Crippen LogP contribution in [0.4, 0.5) is 0 Å². The minimum atomic E-state index is -0.0745. The summed E-state index contributed by atoms with van der Waals surface area (Å²) in [7, 11) is 1.58. The summed E-state index contributed by atoms with van der Waals surface area (Å²) in [5.41, 5.74) is 0.395. The first kappa shape index (κ1) is 9.80. The molecule has 4 nitrogen and oxygen atoms in total. The van der Waals surface area contributed by atoms with Crippen LogP contribution < -0.4 is 0 Å². The molecule has 1 aromatic rings. The number of aromatic nitrogens is 2. The van der Waals surface area contributed by atoms with Gasteiger partial charge in [0, 0.05) is 25.9 Å². The molecule has 0 aliphatic carbocycles. The van der Waals surface area contributed by atoms with Crippen molar-refractivity contribution in [1.82, 2.24) is 9.97 Å². The molecule has 0 amide bonds. The van der Waals surface area contributed by atoms with E-state index in [1.54, 1.807) is 7.11 Å². The van der Waals surface area contributed by atoms with Gasteiger partial charge in [-0.05, 0) is 6.92 Å². The molecule has 0 spiro atoms. The standard InChI is InChI=1S/C9H12N2O2/c1-7(13-2)5-9(12)8-6-10-3-4-11-8/h3-4,6-7H,5H2,1-2H3. The number of hydrogen-bond acceptors (Lipinski definition) is 4. The maximum absolute atomic E-state index is 11.4. The van der Waals surface area contributed by atoms with Gasteiger partial charge in [-0.3, -0.25) is 9.78 Å². The van der Waals surface area contributed by atoms with Crippen molar-refractivity contribution in [3.8, 4) is 0 Å². The average Bonchev–Trinajstić information content (AvgIpc) is 2.19. The van der Waals surface area contributed by atoms with Crippen molar-refractivity contribution in [3.63, 3.8) is 0 Å². The fraction of sp³-hybridized carbons (Fsp3) is 0.444. The van der Waals surface area contributed by atoms with E-state index in [1.807, 2.05) is 6.92 Å². The highest BCUT2D eigenvalue weighted by molar-refractivity contribution is 5.94. The highest BCUT2D eigenvalue weighted by Gasteiger charge is 2.11. The minimum absolute atomic E-state index is 0.0394. The first-order valence-electron chi connectivity index (χ1n) is 4.06. The molecule has 0 fully saturated rings. The third-order valence-electron chi connectivity index (χ3n) is 1.72. The molecule has 0 N–H and O–H groups in total. The van der Waals surface area contributed by atoms with Gasteiger partial charge in [-0.1, -0.05) is 0 Å². The van der Waals surface area contributed by atoms with Crippen molar-refractivity contribution < 1.29 is 9.53 Å². The van der Waals surface area contributed by atoms with Gasteiger partial charge in [-0.2, -0.15) is 0 Å². The van der Waals surface area contributed by atoms with Gasteiger partial charge in [-0.15, -0.1) is 0 Å². The van der Waals surface area contributed by atoms with E-state index < -0.39 is 0 Å². The van der Waals surface area contributed by atoms with Crippen LogP contribution >= 0.6 is 0 Å². The number of Topliss-reactive ketones (excluding diaryl/α,β-unsaturated/α-hetero) is 1. The Morgan fingerprint density at radius 3 is 2.92 bits per heavy atom. The molecule has 0 saturated heterocycles. The topological polar surface area (TPSA) is 52.1 Å². The van der Waals surface area contributed by atoms with Crippen LogP contribution in [-0.4, -0.2) is 29.0 Å². The fourth-order valence-electron chi connectivity index (χ4n) is 0.892. The predicted octanol–water partition coefficient (Wildman–Crippen LogP) is 1.08. The Bertz CT molecular complexity index is 274. The molecule has 13 heavy (non-hydrogen) atoms. The lowest BCUT2D eigenvalue weighted by Gasteiger charge is -2.06. The molecule has 1 unspecified atom stereocenters. The molecule has 0 bridgehead atoms. The molecule has 0 aliphatic heterocycles. The number of nitrogens with zero attached hydrogens (tertiary/aromatic N) is 2. The molecular formula is C9H12N2O2. The lowest BCUT2D eigenvalue weighted by Crippen LogP contribution is -2.13. The Morgan fingerprint density at radius 1 is 1.62 bits per heavy atom. The van der Waals surface area contributed by atoms with Crippen LogP contribution in [-0.2, 0) is 4.74 Å². The third kappa shape index (κ3) is 2.91. The lowest BCUT2D eigenvalue weighted by molar-refractivity contribution is 0.0787. The molecule has 0 aliphatic rings. The van der Waals surface area contributed by atoms with Crippen molar-refractivity contribution in [1.29, 1.82) is 0 Å². The van der Waals surface area contributed by atoms with E-state index in [0.29, 0.717) is 12.1 Å². The zero-order valence-electron chi connectivity index (χ0n) is 7.73. The Hall–Kier alpha value is -1.29. The number of carbonyl (C=O) groups is 1. The summed E-state index contributed by atoms with van der Waals surface area (Å²) < 4.78 is 4.97.